The number of halogens is 1. The Labute approximate surface area is 115 Å². The summed E-state index contributed by atoms with van der Waals surface area (Å²) in [5.74, 6) is 0.704. The summed E-state index contributed by atoms with van der Waals surface area (Å²) in [5.41, 5.74) is 8.08. The van der Waals surface area contributed by atoms with Gasteiger partial charge in [-0.3, -0.25) is 0 Å². The van der Waals surface area contributed by atoms with Crippen LogP contribution in [-0.4, -0.2) is 9.97 Å². The summed E-state index contributed by atoms with van der Waals surface area (Å²) < 4.78 is 5.63. The van der Waals surface area contributed by atoms with E-state index in [0.29, 0.717) is 22.7 Å². The number of hydrogen-bond donors (Lipinski definition) is 1. The number of benzene rings is 1. The van der Waals surface area contributed by atoms with Crippen LogP contribution < -0.4 is 10.5 Å². The molecule has 2 rings (SSSR count). The second-order valence-electron chi connectivity index (χ2n) is 3.99. The standard InChI is InChI=1S/C13H11ClN4O/c1-7-3-4-9(6-15)5-10(7)19-12-11(16)8(2)17-13(14)18-12/h3-5H,16H2,1-2H3. The smallest absolute Gasteiger partial charge is 0.247 e. The van der Waals surface area contributed by atoms with Gasteiger partial charge in [-0.05, 0) is 43.1 Å². The molecular weight excluding hydrogens is 264 g/mol. The summed E-state index contributed by atoms with van der Waals surface area (Å²) in [6.07, 6.45) is 0. The third-order valence-corrected chi connectivity index (χ3v) is 2.77. The Balaban J connectivity index is 2.44. The minimum Gasteiger partial charge on any atom is -0.437 e. The number of nitrogens with zero attached hydrogens (tertiary/aromatic N) is 3. The maximum absolute atomic E-state index is 8.88. The van der Waals surface area contributed by atoms with Gasteiger partial charge in [0.05, 0.1) is 17.3 Å². The van der Waals surface area contributed by atoms with Crippen molar-refractivity contribution in [3.63, 3.8) is 0 Å². The lowest BCUT2D eigenvalue weighted by atomic mass is 10.1. The van der Waals surface area contributed by atoms with Gasteiger partial charge in [0.1, 0.15) is 11.4 Å². The molecule has 0 spiro atoms. The van der Waals surface area contributed by atoms with Crippen molar-refractivity contribution in [2.75, 3.05) is 5.73 Å². The molecule has 1 aromatic carbocycles. The highest BCUT2D eigenvalue weighted by Gasteiger charge is 2.11. The van der Waals surface area contributed by atoms with Crippen molar-refractivity contribution in [2.24, 2.45) is 0 Å². The fraction of sp³-hybridized carbons (Fsp3) is 0.154. The van der Waals surface area contributed by atoms with Gasteiger partial charge in [-0.1, -0.05) is 6.07 Å². The highest BCUT2D eigenvalue weighted by molar-refractivity contribution is 6.28. The SMILES string of the molecule is Cc1ccc(C#N)cc1Oc1nc(Cl)nc(C)c1N. The Kier molecular flexibility index (Phi) is 3.54. The van der Waals surface area contributed by atoms with Crippen molar-refractivity contribution in [3.05, 3.63) is 40.3 Å². The van der Waals surface area contributed by atoms with Gasteiger partial charge in [-0.2, -0.15) is 10.2 Å². The van der Waals surface area contributed by atoms with E-state index >= 15 is 0 Å². The molecule has 1 aromatic heterocycles. The van der Waals surface area contributed by atoms with Crippen LogP contribution in [0.25, 0.3) is 0 Å². The van der Waals surface area contributed by atoms with Crippen LogP contribution in [0.5, 0.6) is 11.6 Å². The normalized spacial score (nSPS) is 10.0. The summed E-state index contributed by atoms with van der Waals surface area (Å²) in [7, 11) is 0. The number of anilines is 1. The summed E-state index contributed by atoms with van der Waals surface area (Å²) in [6, 6.07) is 7.18. The predicted molar refractivity (Wildman–Crippen MR) is 72.2 cm³/mol. The third-order valence-electron chi connectivity index (χ3n) is 2.60. The summed E-state index contributed by atoms with van der Waals surface area (Å²) in [6.45, 7) is 3.58. The molecule has 0 bridgehead atoms. The summed E-state index contributed by atoms with van der Waals surface area (Å²) in [4.78, 5) is 7.88. The Morgan fingerprint density at radius 1 is 1.32 bits per heavy atom. The molecule has 5 nitrogen and oxygen atoms in total. The van der Waals surface area contributed by atoms with Gasteiger partial charge >= 0.3 is 0 Å². The van der Waals surface area contributed by atoms with E-state index < -0.39 is 0 Å². The van der Waals surface area contributed by atoms with Gasteiger partial charge in [0.15, 0.2) is 0 Å². The number of nitrogen functional groups attached to an aromatic ring is 1. The minimum absolute atomic E-state index is 0.0655. The largest absolute Gasteiger partial charge is 0.437 e. The average molecular weight is 275 g/mol. The van der Waals surface area contributed by atoms with Crippen molar-refractivity contribution >= 4 is 17.3 Å². The molecule has 96 valence electrons. The number of rotatable bonds is 2. The Hall–Kier alpha value is -2.32. The van der Waals surface area contributed by atoms with Crippen LogP contribution in [0.3, 0.4) is 0 Å². The van der Waals surface area contributed by atoms with Crippen molar-refractivity contribution in [1.82, 2.24) is 9.97 Å². The van der Waals surface area contributed by atoms with E-state index in [2.05, 4.69) is 9.97 Å². The second-order valence-corrected chi connectivity index (χ2v) is 4.33. The molecule has 2 aromatic rings. The molecule has 19 heavy (non-hydrogen) atoms. The van der Waals surface area contributed by atoms with Crippen molar-refractivity contribution < 1.29 is 4.74 Å². The van der Waals surface area contributed by atoms with E-state index in [1.807, 2.05) is 13.0 Å². The van der Waals surface area contributed by atoms with Crippen LogP contribution in [0.1, 0.15) is 16.8 Å². The minimum atomic E-state index is 0.0655. The first kappa shape index (κ1) is 13.1. The highest BCUT2D eigenvalue weighted by atomic mass is 35.5. The first-order valence-corrected chi connectivity index (χ1v) is 5.87. The van der Waals surface area contributed by atoms with E-state index in [-0.39, 0.29) is 11.2 Å². The van der Waals surface area contributed by atoms with Crippen LogP contribution in [0, 0.1) is 25.2 Å². The molecule has 0 unspecified atom stereocenters. The summed E-state index contributed by atoms with van der Waals surface area (Å²) >= 11 is 5.78. The lowest BCUT2D eigenvalue weighted by Crippen LogP contribution is -2.01. The number of ether oxygens (including phenoxy) is 1. The summed E-state index contributed by atoms with van der Waals surface area (Å²) in [5, 5.41) is 8.95. The zero-order valence-corrected chi connectivity index (χ0v) is 11.2. The average Bonchev–Trinajstić information content (AvgIpc) is 2.38. The monoisotopic (exact) mass is 274 g/mol. The quantitative estimate of drug-likeness (QED) is 0.851. The van der Waals surface area contributed by atoms with E-state index in [9.17, 15) is 0 Å². The Bertz CT molecular complexity index is 679. The molecular formula is C13H11ClN4O. The van der Waals surface area contributed by atoms with Crippen molar-refractivity contribution in [1.29, 1.82) is 5.26 Å². The second kappa shape index (κ2) is 5.12. The lowest BCUT2D eigenvalue weighted by molar-refractivity contribution is 0.460. The molecule has 0 aliphatic rings. The lowest BCUT2D eigenvalue weighted by Gasteiger charge is -2.11. The van der Waals surface area contributed by atoms with E-state index in [1.165, 1.54) is 0 Å². The van der Waals surface area contributed by atoms with Gasteiger partial charge in [0, 0.05) is 0 Å². The zero-order valence-electron chi connectivity index (χ0n) is 10.4. The number of nitriles is 1. The van der Waals surface area contributed by atoms with E-state index in [0.717, 1.165) is 5.56 Å². The molecule has 0 radical (unpaired) electrons. The predicted octanol–water partition coefficient (Wildman–Crippen LogP) is 2.99. The topological polar surface area (TPSA) is 84.8 Å². The van der Waals surface area contributed by atoms with Crippen LogP contribution >= 0.6 is 11.6 Å². The van der Waals surface area contributed by atoms with Gasteiger partial charge < -0.3 is 10.5 Å². The van der Waals surface area contributed by atoms with Gasteiger partial charge in [-0.15, -0.1) is 0 Å². The molecule has 2 N–H and O–H groups in total. The van der Waals surface area contributed by atoms with Crippen LogP contribution in [-0.2, 0) is 0 Å². The fourth-order valence-electron chi connectivity index (χ4n) is 1.48. The molecule has 0 aliphatic heterocycles. The number of aryl methyl sites for hydroxylation is 2. The van der Waals surface area contributed by atoms with E-state index in [1.54, 1.807) is 25.1 Å². The molecule has 0 atom stereocenters. The fourth-order valence-corrected chi connectivity index (χ4v) is 1.69. The molecule has 0 amide bonds. The zero-order chi connectivity index (χ0) is 14.0. The molecule has 0 fully saturated rings. The molecule has 0 saturated heterocycles. The van der Waals surface area contributed by atoms with Gasteiger partial charge in [-0.25, -0.2) is 4.98 Å². The van der Waals surface area contributed by atoms with Crippen molar-refractivity contribution in [3.8, 4) is 17.7 Å². The van der Waals surface area contributed by atoms with Crippen molar-refractivity contribution in [2.45, 2.75) is 13.8 Å². The third kappa shape index (κ3) is 2.75. The maximum Gasteiger partial charge on any atom is 0.247 e. The number of aromatic nitrogens is 2. The van der Waals surface area contributed by atoms with Crippen LogP contribution in [0.2, 0.25) is 5.28 Å². The molecule has 1 heterocycles. The molecule has 0 aliphatic carbocycles. The van der Waals surface area contributed by atoms with E-state index in [4.69, 9.17) is 27.3 Å². The molecule has 0 saturated carbocycles. The number of nitrogens with two attached hydrogens (primary N) is 1. The molecule has 6 heteroatoms. The van der Waals surface area contributed by atoms with Gasteiger partial charge in [0.2, 0.25) is 11.2 Å². The Morgan fingerprint density at radius 3 is 2.74 bits per heavy atom. The highest BCUT2D eigenvalue weighted by Crippen LogP contribution is 2.30. The first-order valence-electron chi connectivity index (χ1n) is 5.49. The Morgan fingerprint density at radius 2 is 2.05 bits per heavy atom. The number of hydrogen-bond acceptors (Lipinski definition) is 5. The van der Waals surface area contributed by atoms with Crippen LogP contribution in [0.15, 0.2) is 18.2 Å². The van der Waals surface area contributed by atoms with Gasteiger partial charge in [0.25, 0.3) is 0 Å². The maximum atomic E-state index is 8.88. The first-order chi connectivity index (χ1) is 9.01. The van der Waals surface area contributed by atoms with Crippen LogP contribution in [0.4, 0.5) is 5.69 Å².